The molecule has 0 fully saturated rings. The molecular weight excluding hydrogens is 344 g/mol. The average Bonchev–Trinajstić information content (AvgIpc) is 2.31. The van der Waals surface area contributed by atoms with Gasteiger partial charge >= 0.3 is 11.9 Å². The molecule has 0 saturated carbocycles. The van der Waals surface area contributed by atoms with Crippen LogP contribution in [0.4, 0.5) is 0 Å². The number of rotatable bonds is 9. The highest BCUT2D eigenvalue weighted by Crippen LogP contribution is 2.14. The van der Waals surface area contributed by atoms with E-state index in [9.17, 15) is 26.4 Å². The first-order chi connectivity index (χ1) is 9.91. The number of carbonyl (C=O) groups is 2. The van der Waals surface area contributed by atoms with Crippen LogP contribution in [0.1, 0.15) is 13.8 Å². The lowest BCUT2D eigenvalue weighted by molar-refractivity contribution is -0.167. The highest BCUT2D eigenvalue weighted by molar-refractivity contribution is 7.86. The van der Waals surface area contributed by atoms with E-state index in [1.54, 1.807) is 0 Å². The Bertz CT molecular complexity index is 537. The zero-order valence-corrected chi connectivity index (χ0v) is 14.1. The van der Waals surface area contributed by atoms with Gasteiger partial charge in [-0.2, -0.15) is 16.8 Å². The van der Waals surface area contributed by atoms with Crippen LogP contribution >= 0.6 is 0 Å². The first kappa shape index (κ1) is 20.8. The molecule has 0 spiro atoms. The average molecular weight is 362 g/mol. The van der Waals surface area contributed by atoms with Crippen LogP contribution in [0, 0.1) is 0 Å². The van der Waals surface area contributed by atoms with Crippen molar-refractivity contribution in [3.05, 3.63) is 0 Å². The lowest BCUT2D eigenvalue weighted by atomic mass is 10.2. The Balaban J connectivity index is 5.69. The van der Waals surface area contributed by atoms with Crippen LogP contribution in [0.15, 0.2) is 0 Å². The van der Waals surface area contributed by atoms with Crippen molar-refractivity contribution in [1.29, 1.82) is 0 Å². The molecule has 0 radical (unpaired) electrons. The highest BCUT2D eigenvalue weighted by atomic mass is 32.2. The topological polar surface area (TPSA) is 139 Å². The van der Waals surface area contributed by atoms with Crippen LogP contribution in [-0.2, 0) is 47.7 Å². The molecule has 0 aliphatic carbocycles. The van der Waals surface area contributed by atoms with Gasteiger partial charge in [-0.25, -0.2) is 9.59 Å². The second-order valence-electron chi connectivity index (χ2n) is 3.95. The van der Waals surface area contributed by atoms with Crippen LogP contribution in [-0.4, -0.2) is 66.7 Å². The van der Waals surface area contributed by atoms with E-state index in [0.29, 0.717) is 12.5 Å². The fraction of sp³-hybridized carbons (Fsp3) is 0.800. The molecule has 0 bridgehead atoms. The van der Waals surface area contributed by atoms with E-state index in [0.717, 1.165) is 0 Å². The lowest BCUT2D eigenvalue weighted by Crippen LogP contribution is -2.47. The standard InChI is InChI=1S/C10H18O10S2/c1-5-17-9(11)7(19-21(3,13)14)8(10(12)18-6-2)20-22(4,15)16/h7-8H,5-6H2,1-4H3/t7-,8-/m0/s1. The maximum Gasteiger partial charge on any atom is 0.340 e. The Morgan fingerprint density at radius 1 is 0.773 bits per heavy atom. The summed E-state index contributed by atoms with van der Waals surface area (Å²) in [6.07, 6.45) is -3.07. The van der Waals surface area contributed by atoms with Crippen molar-refractivity contribution >= 4 is 32.2 Å². The first-order valence-corrected chi connectivity index (χ1v) is 9.64. The molecule has 0 saturated heterocycles. The monoisotopic (exact) mass is 362 g/mol. The molecule has 0 aromatic carbocycles. The third-order valence-electron chi connectivity index (χ3n) is 1.87. The molecule has 10 nitrogen and oxygen atoms in total. The predicted octanol–water partition coefficient (Wildman–Crippen LogP) is -1.20. The SMILES string of the molecule is CCOC(=O)[C@@H](OS(C)(=O)=O)[C@H](OS(C)(=O)=O)C(=O)OCC. The fourth-order valence-corrected chi connectivity index (χ4v) is 2.36. The van der Waals surface area contributed by atoms with E-state index in [1.807, 2.05) is 0 Å². The second-order valence-corrected chi connectivity index (χ2v) is 7.15. The zero-order valence-electron chi connectivity index (χ0n) is 12.5. The van der Waals surface area contributed by atoms with Gasteiger partial charge in [-0.15, -0.1) is 0 Å². The molecule has 0 aromatic heterocycles. The molecule has 0 aromatic rings. The number of hydrogen-bond acceptors (Lipinski definition) is 10. The minimum absolute atomic E-state index is 0.156. The Kier molecular flexibility index (Phi) is 7.93. The fourth-order valence-electron chi connectivity index (χ4n) is 1.25. The maximum atomic E-state index is 11.8. The quantitative estimate of drug-likeness (QED) is 0.363. The van der Waals surface area contributed by atoms with E-state index >= 15 is 0 Å². The van der Waals surface area contributed by atoms with Crippen molar-refractivity contribution in [1.82, 2.24) is 0 Å². The summed E-state index contributed by atoms with van der Waals surface area (Å²) in [5.74, 6) is -2.57. The van der Waals surface area contributed by atoms with Crippen LogP contribution < -0.4 is 0 Å². The summed E-state index contributed by atoms with van der Waals surface area (Å²) in [7, 11) is -8.44. The third-order valence-corrected chi connectivity index (χ3v) is 2.98. The molecule has 130 valence electrons. The molecular formula is C10H18O10S2. The molecule has 0 heterocycles. The van der Waals surface area contributed by atoms with E-state index in [4.69, 9.17) is 0 Å². The molecule has 2 atom stereocenters. The smallest absolute Gasteiger partial charge is 0.340 e. The van der Waals surface area contributed by atoms with Gasteiger partial charge in [-0.05, 0) is 13.8 Å². The molecule has 22 heavy (non-hydrogen) atoms. The predicted molar refractivity (Wildman–Crippen MR) is 72.7 cm³/mol. The van der Waals surface area contributed by atoms with Gasteiger partial charge < -0.3 is 9.47 Å². The Morgan fingerprint density at radius 3 is 1.23 bits per heavy atom. The number of hydrogen-bond donors (Lipinski definition) is 0. The molecule has 0 amide bonds. The van der Waals surface area contributed by atoms with Gasteiger partial charge in [0.25, 0.3) is 20.2 Å². The minimum Gasteiger partial charge on any atom is -0.464 e. The zero-order chi connectivity index (χ0) is 17.6. The Morgan fingerprint density at radius 2 is 1.05 bits per heavy atom. The molecule has 12 heteroatoms. The highest BCUT2D eigenvalue weighted by Gasteiger charge is 2.42. The molecule has 0 unspecified atom stereocenters. The summed E-state index contributed by atoms with van der Waals surface area (Å²) in [5, 5.41) is 0. The van der Waals surface area contributed by atoms with E-state index in [2.05, 4.69) is 17.8 Å². The summed E-state index contributed by atoms with van der Waals surface area (Å²) >= 11 is 0. The summed E-state index contributed by atoms with van der Waals surface area (Å²) in [6, 6.07) is 0. The van der Waals surface area contributed by atoms with Crippen molar-refractivity contribution in [3.63, 3.8) is 0 Å². The molecule has 0 aliphatic rings. The van der Waals surface area contributed by atoms with Crippen LogP contribution in [0.5, 0.6) is 0 Å². The van der Waals surface area contributed by atoms with Gasteiger partial charge in [0, 0.05) is 0 Å². The van der Waals surface area contributed by atoms with Crippen molar-refractivity contribution < 1.29 is 44.3 Å². The summed E-state index contributed by atoms with van der Waals surface area (Å²) in [6.45, 7) is 2.53. The van der Waals surface area contributed by atoms with Gasteiger partial charge in [-0.3, -0.25) is 8.37 Å². The summed E-state index contributed by atoms with van der Waals surface area (Å²) < 4.78 is 62.9. The Labute approximate surface area is 128 Å². The maximum absolute atomic E-state index is 11.8. The van der Waals surface area contributed by atoms with Crippen molar-refractivity contribution in [2.24, 2.45) is 0 Å². The molecule has 0 N–H and O–H groups in total. The van der Waals surface area contributed by atoms with E-state index < -0.39 is 44.4 Å². The van der Waals surface area contributed by atoms with Crippen LogP contribution in [0.25, 0.3) is 0 Å². The number of ether oxygens (including phenoxy) is 2. The van der Waals surface area contributed by atoms with Crippen LogP contribution in [0.2, 0.25) is 0 Å². The molecule has 0 aliphatic heterocycles. The van der Waals surface area contributed by atoms with E-state index in [-0.39, 0.29) is 13.2 Å². The summed E-state index contributed by atoms with van der Waals surface area (Å²) in [4.78, 5) is 23.5. The minimum atomic E-state index is -4.22. The van der Waals surface area contributed by atoms with Gasteiger partial charge in [-0.1, -0.05) is 0 Å². The molecule has 0 rings (SSSR count). The third kappa shape index (κ3) is 8.26. The van der Waals surface area contributed by atoms with Gasteiger partial charge in [0.2, 0.25) is 12.2 Å². The van der Waals surface area contributed by atoms with Crippen LogP contribution in [0.3, 0.4) is 0 Å². The van der Waals surface area contributed by atoms with Crippen molar-refractivity contribution in [2.45, 2.75) is 26.1 Å². The second kappa shape index (κ2) is 8.41. The van der Waals surface area contributed by atoms with Gasteiger partial charge in [0.15, 0.2) is 0 Å². The van der Waals surface area contributed by atoms with Gasteiger partial charge in [0.05, 0.1) is 25.7 Å². The lowest BCUT2D eigenvalue weighted by Gasteiger charge is -2.22. The van der Waals surface area contributed by atoms with Crippen molar-refractivity contribution in [2.75, 3.05) is 25.7 Å². The Hall–Kier alpha value is -1.24. The first-order valence-electron chi connectivity index (χ1n) is 6.01. The largest absolute Gasteiger partial charge is 0.464 e. The van der Waals surface area contributed by atoms with E-state index in [1.165, 1.54) is 13.8 Å². The number of esters is 2. The number of carbonyl (C=O) groups excluding carboxylic acids is 2. The summed E-state index contributed by atoms with van der Waals surface area (Å²) in [5.41, 5.74) is 0. The van der Waals surface area contributed by atoms with Crippen molar-refractivity contribution in [3.8, 4) is 0 Å². The normalized spacial score (nSPS) is 14.9. The van der Waals surface area contributed by atoms with Gasteiger partial charge in [0.1, 0.15) is 0 Å².